The molecule has 0 spiro atoms. The summed E-state index contributed by atoms with van der Waals surface area (Å²) in [5.74, 6) is -1.19. The van der Waals surface area contributed by atoms with E-state index in [0.29, 0.717) is 17.2 Å². The molecule has 0 aliphatic carbocycles. The van der Waals surface area contributed by atoms with Crippen LogP contribution in [-0.4, -0.2) is 26.8 Å². The zero-order valence-corrected chi connectivity index (χ0v) is 11.0. The third-order valence-electron chi connectivity index (χ3n) is 2.84. The number of amides is 1. The molecule has 0 bridgehead atoms. The third kappa shape index (κ3) is 2.46. The van der Waals surface area contributed by atoms with Gasteiger partial charge in [0.15, 0.2) is 0 Å². The molecule has 1 aromatic carbocycles. The number of rotatable bonds is 4. The van der Waals surface area contributed by atoms with Crippen LogP contribution in [0.25, 0.3) is 0 Å². The first-order valence-corrected chi connectivity index (χ1v) is 5.84. The molecule has 1 heterocycles. The summed E-state index contributed by atoms with van der Waals surface area (Å²) in [6, 6.07) is 6.25. The Morgan fingerprint density at radius 3 is 2.70 bits per heavy atom. The van der Waals surface area contributed by atoms with Crippen molar-refractivity contribution in [2.75, 3.05) is 5.32 Å². The van der Waals surface area contributed by atoms with E-state index in [2.05, 4.69) is 10.4 Å². The molecule has 0 unspecified atom stereocenters. The van der Waals surface area contributed by atoms with Gasteiger partial charge in [0.05, 0.1) is 11.3 Å². The highest BCUT2D eigenvalue weighted by Crippen LogP contribution is 2.23. The largest absolute Gasteiger partial charge is 0.478 e. The molecule has 7 nitrogen and oxygen atoms in total. The van der Waals surface area contributed by atoms with Gasteiger partial charge in [0.2, 0.25) is 0 Å². The number of hydrogen-bond acceptors (Lipinski definition) is 4. The van der Waals surface area contributed by atoms with Gasteiger partial charge in [-0.2, -0.15) is 5.10 Å². The minimum Gasteiger partial charge on any atom is -0.478 e. The number of carbonyl (C=O) groups excluding carboxylic acids is 1. The van der Waals surface area contributed by atoms with Crippen LogP contribution in [-0.2, 0) is 7.05 Å². The van der Waals surface area contributed by atoms with Crippen LogP contribution >= 0.6 is 0 Å². The smallest absolute Gasteiger partial charge is 0.335 e. The molecule has 0 saturated heterocycles. The molecule has 7 heteroatoms. The topological polar surface area (TPSA) is 110 Å². The van der Waals surface area contributed by atoms with E-state index >= 15 is 0 Å². The highest BCUT2D eigenvalue weighted by molar-refractivity contribution is 5.99. The number of carboxylic acids is 1. The maximum atomic E-state index is 11.5. The van der Waals surface area contributed by atoms with Gasteiger partial charge < -0.3 is 16.2 Å². The number of hydrogen-bond donors (Lipinski definition) is 3. The van der Waals surface area contributed by atoms with Gasteiger partial charge in [0, 0.05) is 12.7 Å². The predicted molar refractivity (Wildman–Crippen MR) is 73.1 cm³/mol. The first-order valence-electron chi connectivity index (χ1n) is 5.84. The summed E-state index contributed by atoms with van der Waals surface area (Å²) in [7, 11) is 1.67. The lowest BCUT2D eigenvalue weighted by atomic mass is 10.2. The molecular weight excluding hydrogens is 260 g/mol. The highest BCUT2D eigenvalue weighted by atomic mass is 16.4. The number of carboxylic acid groups (broad SMARTS) is 1. The average molecular weight is 274 g/mol. The number of anilines is 2. The highest BCUT2D eigenvalue weighted by Gasteiger charge is 2.18. The van der Waals surface area contributed by atoms with E-state index in [-0.39, 0.29) is 11.1 Å². The summed E-state index contributed by atoms with van der Waals surface area (Å²) < 4.78 is 1.49. The van der Waals surface area contributed by atoms with E-state index in [1.807, 2.05) is 0 Å². The maximum absolute atomic E-state index is 11.5. The van der Waals surface area contributed by atoms with Crippen LogP contribution in [0.3, 0.4) is 0 Å². The molecule has 2 aromatic rings. The lowest BCUT2D eigenvalue weighted by Crippen LogP contribution is -2.14. The van der Waals surface area contributed by atoms with Crippen LogP contribution in [0.2, 0.25) is 0 Å². The van der Waals surface area contributed by atoms with Gasteiger partial charge in [-0.3, -0.25) is 9.48 Å². The summed E-state index contributed by atoms with van der Waals surface area (Å²) in [6.45, 7) is 1.68. The second-order valence-corrected chi connectivity index (χ2v) is 4.31. The molecule has 4 N–H and O–H groups in total. The molecule has 104 valence electrons. The Labute approximate surface area is 115 Å². The Balaban J connectivity index is 2.42. The van der Waals surface area contributed by atoms with Crippen molar-refractivity contribution in [2.45, 2.75) is 6.92 Å². The fourth-order valence-corrected chi connectivity index (χ4v) is 1.96. The second kappa shape index (κ2) is 5.04. The number of nitrogens with zero attached hydrogens (tertiary/aromatic N) is 2. The molecule has 1 amide bonds. The molecule has 20 heavy (non-hydrogen) atoms. The van der Waals surface area contributed by atoms with Gasteiger partial charge in [0.25, 0.3) is 5.91 Å². The van der Waals surface area contributed by atoms with Gasteiger partial charge in [0.1, 0.15) is 11.4 Å². The number of nitrogens with one attached hydrogen (secondary N) is 1. The monoisotopic (exact) mass is 274 g/mol. The molecular formula is C13H14N4O3. The fourth-order valence-electron chi connectivity index (χ4n) is 1.96. The van der Waals surface area contributed by atoms with Gasteiger partial charge >= 0.3 is 5.97 Å². The van der Waals surface area contributed by atoms with Gasteiger partial charge in [-0.05, 0) is 25.1 Å². The maximum Gasteiger partial charge on any atom is 0.335 e. The zero-order valence-electron chi connectivity index (χ0n) is 11.0. The molecule has 0 fully saturated rings. The van der Waals surface area contributed by atoms with Gasteiger partial charge in [-0.15, -0.1) is 0 Å². The lowest BCUT2D eigenvalue weighted by Gasteiger charge is -2.09. The van der Waals surface area contributed by atoms with Crippen molar-refractivity contribution < 1.29 is 14.7 Å². The number of nitrogens with two attached hydrogens (primary N) is 1. The molecule has 1 aromatic heterocycles. The van der Waals surface area contributed by atoms with Crippen molar-refractivity contribution in [1.82, 2.24) is 9.78 Å². The second-order valence-electron chi connectivity index (χ2n) is 4.31. The predicted octanol–water partition coefficient (Wildman–Crippen LogP) is 1.27. The summed E-state index contributed by atoms with van der Waals surface area (Å²) in [6.07, 6.45) is 0. The van der Waals surface area contributed by atoms with Crippen LogP contribution in [0.15, 0.2) is 24.3 Å². The Hall–Kier alpha value is -2.83. The summed E-state index contributed by atoms with van der Waals surface area (Å²) in [5.41, 5.74) is 6.82. The molecule has 0 aliphatic heterocycles. The van der Waals surface area contributed by atoms with Crippen LogP contribution in [0.4, 0.5) is 11.5 Å². The van der Waals surface area contributed by atoms with E-state index in [1.165, 1.54) is 16.8 Å². The number of primary amides is 1. The number of aromatic carboxylic acids is 1. The van der Waals surface area contributed by atoms with Crippen LogP contribution in [0, 0.1) is 6.92 Å². The van der Waals surface area contributed by atoms with Crippen LogP contribution < -0.4 is 11.1 Å². The van der Waals surface area contributed by atoms with Crippen LogP contribution in [0.5, 0.6) is 0 Å². The van der Waals surface area contributed by atoms with Crippen molar-refractivity contribution in [1.29, 1.82) is 0 Å². The minimum atomic E-state index is -1.02. The van der Waals surface area contributed by atoms with Crippen molar-refractivity contribution in [3.8, 4) is 0 Å². The fraction of sp³-hybridized carbons (Fsp3) is 0.154. The van der Waals surface area contributed by atoms with E-state index in [4.69, 9.17) is 10.8 Å². The standard InChI is InChI=1S/C13H14N4O3/c1-7-10(11(14)18)12(17(2)16-7)15-9-5-3-4-8(6-9)13(19)20/h3-6,15H,1-2H3,(H2,14,18)(H,19,20). The van der Waals surface area contributed by atoms with Gasteiger partial charge in [-0.1, -0.05) is 6.07 Å². The van der Waals surface area contributed by atoms with E-state index in [0.717, 1.165) is 0 Å². The van der Waals surface area contributed by atoms with Crippen molar-refractivity contribution in [3.05, 3.63) is 41.1 Å². The van der Waals surface area contributed by atoms with Crippen molar-refractivity contribution >= 4 is 23.4 Å². The Morgan fingerprint density at radius 1 is 1.40 bits per heavy atom. The molecule has 0 atom stereocenters. The average Bonchev–Trinajstić information content (AvgIpc) is 2.64. The lowest BCUT2D eigenvalue weighted by molar-refractivity contribution is 0.0696. The molecule has 0 aliphatic rings. The Bertz CT molecular complexity index is 691. The normalized spacial score (nSPS) is 10.3. The van der Waals surface area contributed by atoms with E-state index in [1.54, 1.807) is 26.1 Å². The molecule has 0 saturated carbocycles. The summed E-state index contributed by atoms with van der Waals surface area (Å²) in [5, 5.41) is 16.1. The van der Waals surface area contributed by atoms with E-state index < -0.39 is 11.9 Å². The first-order chi connectivity index (χ1) is 9.40. The number of aryl methyl sites for hydroxylation is 2. The summed E-state index contributed by atoms with van der Waals surface area (Å²) >= 11 is 0. The zero-order chi connectivity index (χ0) is 14.9. The summed E-state index contributed by atoms with van der Waals surface area (Å²) in [4.78, 5) is 22.4. The Morgan fingerprint density at radius 2 is 2.10 bits per heavy atom. The Kier molecular flexibility index (Phi) is 3.43. The third-order valence-corrected chi connectivity index (χ3v) is 2.84. The minimum absolute atomic E-state index is 0.148. The SMILES string of the molecule is Cc1nn(C)c(Nc2cccc(C(=O)O)c2)c1C(N)=O. The molecule has 2 rings (SSSR count). The number of aromatic nitrogens is 2. The van der Waals surface area contributed by atoms with E-state index in [9.17, 15) is 9.59 Å². The van der Waals surface area contributed by atoms with Crippen LogP contribution in [0.1, 0.15) is 26.4 Å². The van der Waals surface area contributed by atoms with Crippen molar-refractivity contribution in [2.24, 2.45) is 12.8 Å². The first kappa shape index (κ1) is 13.6. The number of carbonyl (C=O) groups is 2. The quantitative estimate of drug-likeness (QED) is 0.777. The van der Waals surface area contributed by atoms with Gasteiger partial charge in [-0.25, -0.2) is 4.79 Å². The number of benzene rings is 1. The van der Waals surface area contributed by atoms with Crippen molar-refractivity contribution in [3.63, 3.8) is 0 Å². The molecule has 0 radical (unpaired) electrons.